The van der Waals surface area contributed by atoms with Gasteiger partial charge in [0.2, 0.25) is 0 Å². The zero-order valence-corrected chi connectivity index (χ0v) is 15.0. The predicted molar refractivity (Wildman–Crippen MR) is 102 cm³/mol. The van der Waals surface area contributed by atoms with Crippen molar-refractivity contribution in [1.82, 2.24) is 15.6 Å². The minimum atomic E-state index is -0.0507. The van der Waals surface area contributed by atoms with Crippen LogP contribution in [0.2, 0.25) is 0 Å². The summed E-state index contributed by atoms with van der Waals surface area (Å²) in [5.74, 6) is 0.630. The van der Waals surface area contributed by atoms with E-state index in [9.17, 15) is 4.79 Å². The van der Waals surface area contributed by atoms with Crippen LogP contribution in [0.1, 0.15) is 23.2 Å². The Labute approximate surface area is 149 Å². The van der Waals surface area contributed by atoms with E-state index < -0.39 is 0 Å². The molecule has 5 nitrogen and oxygen atoms in total. The van der Waals surface area contributed by atoms with Gasteiger partial charge in [0.05, 0.1) is 5.56 Å². The van der Waals surface area contributed by atoms with Crippen LogP contribution in [-0.2, 0) is 0 Å². The average molecular weight is 338 g/mol. The number of amides is 1. The molecular weight excluding hydrogens is 312 g/mol. The standard InChI is InChI=1S/C20H26N4O/c1-24(2)19-5-3-16(4-6-19)17-11-18(14-22-13-17)20(25)23-10-8-15-7-9-21-12-15/h3-6,11,13-15,21H,7-10,12H2,1-2H3,(H,23,25). The minimum absolute atomic E-state index is 0.0507. The van der Waals surface area contributed by atoms with Gasteiger partial charge in [-0.2, -0.15) is 0 Å². The highest BCUT2D eigenvalue weighted by molar-refractivity contribution is 5.95. The third-order valence-corrected chi connectivity index (χ3v) is 4.72. The SMILES string of the molecule is CN(C)c1ccc(-c2cncc(C(=O)NCCC3CCNC3)c2)cc1. The number of carbonyl (C=O) groups is 1. The highest BCUT2D eigenvalue weighted by atomic mass is 16.1. The number of nitrogens with one attached hydrogen (secondary N) is 2. The molecule has 25 heavy (non-hydrogen) atoms. The van der Waals surface area contributed by atoms with Crippen molar-refractivity contribution < 1.29 is 4.79 Å². The predicted octanol–water partition coefficient (Wildman–Crippen LogP) is 2.54. The van der Waals surface area contributed by atoms with E-state index in [2.05, 4.69) is 44.8 Å². The molecule has 0 bridgehead atoms. The summed E-state index contributed by atoms with van der Waals surface area (Å²) in [6.45, 7) is 2.87. The highest BCUT2D eigenvalue weighted by Gasteiger charge is 2.14. The molecule has 0 radical (unpaired) electrons. The molecule has 1 aliphatic heterocycles. The van der Waals surface area contributed by atoms with E-state index in [1.54, 1.807) is 12.4 Å². The zero-order valence-electron chi connectivity index (χ0n) is 15.0. The molecule has 3 rings (SSSR count). The first kappa shape index (κ1) is 17.4. The second-order valence-electron chi connectivity index (χ2n) is 6.81. The molecule has 0 saturated carbocycles. The van der Waals surface area contributed by atoms with E-state index >= 15 is 0 Å². The minimum Gasteiger partial charge on any atom is -0.378 e. The van der Waals surface area contributed by atoms with Gasteiger partial charge >= 0.3 is 0 Å². The monoisotopic (exact) mass is 338 g/mol. The number of nitrogens with zero attached hydrogens (tertiary/aromatic N) is 2. The Kier molecular flexibility index (Phi) is 5.66. The fourth-order valence-corrected chi connectivity index (χ4v) is 3.13. The van der Waals surface area contributed by atoms with Crippen LogP contribution in [0.3, 0.4) is 0 Å². The van der Waals surface area contributed by atoms with Crippen LogP contribution in [0.5, 0.6) is 0 Å². The van der Waals surface area contributed by atoms with Crippen molar-refractivity contribution in [2.75, 3.05) is 38.6 Å². The number of rotatable bonds is 6. The quantitative estimate of drug-likeness (QED) is 0.850. The molecule has 1 atom stereocenters. The molecule has 0 spiro atoms. The van der Waals surface area contributed by atoms with Gasteiger partial charge in [-0.1, -0.05) is 12.1 Å². The summed E-state index contributed by atoms with van der Waals surface area (Å²) in [5.41, 5.74) is 3.77. The molecule has 2 N–H and O–H groups in total. The molecule has 1 fully saturated rings. The van der Waals surface area contributed by atoms with Crippen molar-refractivity contribution in [1.29, 1.82) is 0 Å². The van der Waals surface area contributed by atoms with Crippen LogP contribution < -0.4 is 15.5 Å². The second kappa shape index (κ2) is 8.12. The average Bonchev–Trinajstić information content (AvgIpc) is 3.15. The Hall–Kier alpha value is -2.40. The van der Waals surface area contributed by atoms with Crippen LogP contribution >= 0.6 is 0 Å². The lowest BCUT2D eigenvalue weighted by atomic mass is 10.0. The van der Waals surface area contributed by atoms with Gasteiger partial charge in [0.15, 0.2) is 0 Å². The van der Waals surface area contributed by atoms with Crippen LogP contribution in [0, 0.1) is 5.92 Å². The van der Waals surface area contributed by atoms with Gasteiger partial charge in [-0.25, -0.2) is 0 Å². The maximum Gasteiger partial charge on any atom is 0.252 e. The van der Waals surface area contributed by atoms with E-state index in [-0.39, 0.29) is 5.91 Å². The van der Waals surface area contributed by atoms with Crippen molar-refractivity contribution in [3.8, 4) is 11.1 Å². The van der Waals surface area contributed by atoms with Gasteiger partial charge < -0.3 is 15.5 Å². The molecule has 0 aliphatic carbocycles. The van der Waals surface area contributed by atoms with Gasteiger partial charge in [-0.05, 0) is 55.6 Å². The van der Waals surface area contributed by atoms with E-state index in [1.807, 2.05) is 20.2 Å². The maximum absolute atomic E-state index is 12.4. The van der Waals surface area contributed by atoms with Crippen LogP contribution in [-0.4, -0.2) is 44.6 Å². The molecule has 1 aromatic heterocycles. The van der Waals surface area contributed by atoms with Crippen LogP contribution in [0.15, 0.2) is 42.7 Å². The number of hydrogen-bond donors (Lipinski definition) is 2. The van der Waals surface area contributed by atoms with Gasteiger partial charge in [0.25, 0.3) is 5.91 Å². The maximum atomic E-state index is 12.4. The number of anilines is 1. The number of carbonyl (C=O) groups excluding carboxylic acids is 1. The molecule has 5 heteroatoms. The Morgan fingerprint density at radius 1 is 1.24 bits per heavy atom. The summed E-state index contributed by atoms with van der Waals surface area (Å²) in [4.78, 5) is 18.7. The van der Waals surface area contributed by atoms with Crippen molar-refractivity contribution in [3.05, 3.63) is 48.3 Å². The molecule has 1 aromatic carbocycles. The largest absolute Gasteiger partial charge is 0.378 e. The fourth-order valence-electron chi connectivity index (χ4n) is 3.13. The van der Waals surface area contributed by atoms with E-state index in [0.717, 1.165) is 36.3 Å². The van der Waals surface area contributed by atoms with Gasteiger partial charge in [-0.15, -0.1) is 0 Å². The van der Waals surface area contributed by atoms with E-state index in [1.165, 1.54) is 6.42 Å². The third-order valence-electron chi connectivity index (χ3n) is 4.72. The molecule has 1 amide bonds. The van der Waals surface area contributed by atoms with Crippen LogP contribution in [0.25, 0.3) is 11.1 Å². The van der Waals surface area contributed by atoms with Crippen molar-refractivity contribution in [3.63, 3.8) is 0 Å². The Balaban J connectivity index is 1.62. The second-order valence-corrected chi connectivity index (χ2v) is 6.81. The smallest absolute Gasteiger partial charge is 0.252 e. The molecule has 2 heterocycles. The van der Waals surface area contributed by atoms with E-state index in [0.29, 0.717) is 18.0 Å². The molecule has 1 aliphatic rings. The summed E-state index contributed by atoms with van der Waals surface area (Å²) in [7, 11) is 4.03. The number of pyridine rings is 1. The lowest BCUT2D eigenvalue weighted by Crippen LogP contribution is -2.26. The van der Waals surface area contributed by atoms with Gasteiger partial charge in [0.1, 0.15) is 0 Å². The zero-order chi connectivity index (χ0) is 17.6. The van der Waals surface area contributed by atoms with Crippen molar-refractivity contribution in [2.45, 2.75) is 12.8 Å². The van der Waals surface area contributed by atoms with Crippen molar-refractivity contribution in [2.24, 2.45) is 5.92 Å². The topological polar surface area (TPSA) is 57.3 Å². The lowest BCUT2D eigenvalue weighted by molar-refractivity contribution is 0.0951. The highest BCUT2D eigenvalue weighted by Crippen LogP contribution is 2.22. The van der Waals surface area contributed by atoms with Crippen LogP contribution in [0.4, 0.5) is 5.69 Å². The van der Waals surface area contributed by atoms with Gasteiger partial charge in [-0.3, -0.25) is 9.78 Å². The van der Waals surface area contributed by atoms with Crippen molar-refractivity contribution >= 4 is 11.6 Å². The molecule has 132 valence electrons. The number of hydrogen-bond acceptors (Lipinski definition) is 4. The molecule has 1 saturated heterocycles. The summed E-state index contributed by atoms with van der Waals surface area (Å²) in [6, 6.07) is 10.2. The Bertz CT molecular complexity index is 706. The molecule has 2 aromatic rings. The number of benzene rings is 1. The Morgan fingerprint density at radius 2 is 2.04 bits per heavy atom. The summed E-state index contributed by atoms with van der Waals surface area (Å²) in [5, 5.41) is 6.37. The summed E-state index contributed by atoms with van der Waals surface area (Å²) >= 11 is 0. The molecule has 1 unspecified atom stereocenters. The first-order valence-electron chi connectivity index (χ1n) is 8.85. The summed E-state index contributed by atoms with van der Waals surface area (Å²) < 4.78 is 0. The first-order chi connectivity index (χ1) is 12.1. The van der Waals surface area contributed by atoms with Gasteiger partial charge in [0, 0.05) is 44.3 Å². The molecular formula is C20H26N4O. The Morgan fingerprint density at radius 3 is 2.72 bits per heavy atom. The summed E-state index contributed by atoms with van der Waals surface area (Å²) in [6.07, 6.45) is 5.66. The number of aromatic nitrogens is 1. The third kappa shape index (κ3) is 4.57. The first-order valence-corrected chi connectivity index (χ1v) is 8.85. The van der Waals surface area contributed by atoms with E-state index in [4.69, 9.17) is 0 Å². The lowest BCUT2D eigenvalue weighted by Gasteiger charge is -2.13. The fraction of sp³-hybridized carbons (Fsp3) is 0.400. The normalized spacial score (nSPS) is 16.6.